The third-order valence-electron chi connectivity index (χ3n) is 8.25. The molecule has 6 rings (SSSR count). The molecule has 1 aromatic carbocycles. The van der Waals surface area contributed by atoms with Crippen LogP contribution in [0.4, 0.5) is 11.5 Å². The Labute approximate surface area is 216 Å². The van der Waals surface area contributed by atoms with Crippen molar-refractivity contribution in [1.82, 2.24) is 19.1 Å². The molecule has 37 heavy (non-hydrogen) atoms. The monoisotopic (exact) mass is 524 g/mol. The van der Waals surface area contributed by atoms with E-state index in [1.807, 2.05) is 21.1 Å². The van der Waals surface area contributed by atoms with Crippen LogP contribution in [-0.4, -0.2) is 46.9 Å². The molecule has 196 valence electrons. The number of pyridine rings is 1. The maximum absolute atomic E-state index is 12.9. The SMILES string of the molecule is CC1(N2Cc3cc(Nc4nn(C5CCCCC5C#N)c5cc[nH]c(=O)c45)ccc3S2(O)O)CCOCC1. The Morgan fingerprint density at radius 3 is 2.81 bits per heavy atom. The Hall–Kier alpha value is -2.88. The molecule has 2 atom stereocenters. The number of fused-ring (bicyclic) bond motifs is 2. The molecule has 0 bridgehead atoms. The van der Waals surface area contributed by atoms with Gasteiger partial charge in [0.05, 0.1) is 28.4 Å². The van der Waals surface area contributed by atoms with E-state index in [0.717, 1.165) is 44.1 Å². The van der Waals surface area contributed by atoms with Crippen LogP contribution in [0.2, 0.25) is 0 Å². The van der Waals surface area contributed by atoms with Gasteiger partial charge in [-0.05, 0) is 62.4 Å². The normalized spacial score (nSPS) is 25.9. The van der Waals surface area contributed by atoms with Crippen molar-refractivity contribution in [1.29, 1.82) is 5.26 Å². The summed E-state index contributed by atoms with van der Waals surface area (Å²) in [6.07, 6.45) is 6.80. The number of aromatic nitrogens is 3. The van der Waals surface area contributed by atoms with Crippen molar-refractivity contribution in [3.63, 3.8) is 0 Å². The highest BCUT2D eigenvalue weighted by molar-refractivity contribution is 8.22. The average Bonchev–Trinajstić information content (AvgIpc) is 3.39. The highest BCUT2D eigenvalue weighted by Crippen LogP contribution is 2.63. The maximum atomic E-state index is 12.9. The molecule has 0 amide bonds. The first-order valence-corrected chi connectivity index (χ1v) is 14.4. The zero-order chi connectivity index (χ0) is 25.8. The number of nitriles is 1. The summed E-state index contributed by atoms with van der Waals surface area (Å²) in [7, 11) is -3.11. The lowest BCUT2D eigenvalue weighted by Gasteiger charge is -2.49. The van der Waals surface area contributed by atoms with Crippen LogP contribution < -0.4 is 10.9 Å². The maximum Gasteiger partial charge on any atom is 0.261 e. The second kappa shape index (κ2) is 9.15. The minimum atomic E-state index is -3.11. The topological polar surface area (TPSA) is 139 Å². The number of benzene rings is 1. The van der Waals surface area contributed by atoms with Gasteiger partial charge in [-0.25, -0.2) is 0 Å². The lowest BCUT2D eigenvalue weighted by molar-refractivity contribution is 0.0107. The summed E-state index contributed by atoms with van der Waals surface area (Å²) >= 11 is 0. The fourth-order valence-electron chi connectivity index (χ4n) is 6.10. The molecule has 1 saturated heterocycles. The predicted molar refractivity (Wildman–Crippen MR) is 142 cm³/mol. The number of nitrogens with one attached hydrogen (secondary N) is 2. The second-order valence-electron chi connectivity index (χ2n) is 10.6. The van der Waals surface area contributed by atoms with Crippen LogP contribution in [0, 0.1) is 17.2 Å². The lowest BCUT2D eigenvalue weighted by atomic mass is 9.85. The molecular weight excluding hydrogens is 492 g/mol. The van der Waals surface area contributed by atoms with Gasteiger partial charge in [-0.2, -0.15) is 14.7 Å². The number of hydrogen-bond acceptors (Lipinski definition) is 8. The summed E-state index contributed by atoms with van der Waals surface area (Å²) in [4.78, 5) is 16.2. The second-order valence-corrected chi connectivity index (χ2v) is 12.5. The van der Waals surface area contributed by atoms with Crippen LogP contribution in [0.3, 0.4) is 0 Å². The van der Waals surface area contributed by atoms with Crippen molar-refractivity contribution in [2.45, 2.75) is 68.5 Å². The number of nitrogens with zero attached hydrogens (tertiary/aromatic N) is 4. The largest absolute Gasteiger partial charge is 0.381 e. The van der Waals surface area contributed by atoms with E-state index in [2.05, 4.69) is 23.3 Å². The first kappa shape index (κ1) is 24.5. The van der Waals surface area contributed by atoms with Crippen molar-refractivity contribution < 1.29 is 13.8 Å². The average molecular weight is 525 g/mol. The zero-order valence-electron chi connectivity index (χ0n) is 20.8. The van der Waals surface area contributed by atoms with Gasteiger partial charge in [0, 0.05) is 37.2 Å². The van der Waals surface area contributed by atoms with E-state index >= 15 is 0 Å². The summed E-state index contributed by atoms with van der Waals surface area (Å²) in [5, 5.41) is 18.3. The first-order chi connectivity index (χ1) is 17.8. The van der Waals surface area contributed by atoms with Crippen LogP contribution in [0.15, 0.2) is 40.2 Å². The molecule has 2 aliphatic heterocycles. The van der Waals surface area contributed by atoms with Crippen LogP contribution >= 0.6 is 10.8 Å². The quantitative estimate of drug-likeness (QED) is 0.368. The molecule has 0 spiro atoms. The zero-order valence-corrected chi connectivity index (χ0v) is 21.6. The molecule has 3 aromatic rings. The molecule has 1 saturated carbocycles. The van der Waals surface area contributed by atoms with Gasteiger partial charge in [0.15, 0.2) is 5.82 Å². The van der Waals surface area contributed by atoms with Gasteiger partial charge in [-0.3, -0.25) is 18.6 Å². The van der Waals surface area contributed by atoms with E-state index in [4.69, 9.17) is 9.84 Å². The van der Waals surface area contributed by atoms with E-state index in [1.54, 1.807) is 18.3 Å². The summed E-state index contributed by atoms with van der Waals surface area (Å²) in [6.45, 7) is 3.69. The minimum Gasteiger partial charge on any atom is -0.381 e. The summed E-state index contributed by atoms with van der Waals surface area (Å²) < 4.78 is 31.6. The molecule has 0 radical (unpaired) electrons. The smallest absolute Gasteiger partial charge is 0.261 e. The van der Waals surface area contributed by atoms with Crippen LogP contribution in [-0.2, 0) is 11.3 Å². The van der Waals surface area contributed by atoms with Gasteiger partial charge in [0.1, 0.15) is 5.39 Å². The third kappa shape index (κ3) is 4.04. The fourth-order valence-corrected chi connectivity index (χ4v) is 8.18. The van der Waals surface area contributed by atoms with Gasteiger partial charge >= 0.3 is 0 Å². The van der Waals surface area contributed by atoms with Crippen LogP contribution in [0.5, 0.6) is 0 Å². The number of H-pyrrole nitrogens is 1. The third-order valence-corrected chi connectivity index (χ3v) is 10.4. The Morgan fingerprint density at radius 2 is 2.03 bits per heavy atom. The Bertz CT molecular complexity index is 1440. The van der Waals surface area contributed by atoms with Crippen molar-refractivity contribution >= 4 is 33.2 Å². The molecule has 1 aliphatic carbocycles. The standard InChI is InChI=1S/C26H32N6O4S/c1-26(9-12-36-13-10-26)31-16-18-14-19(6-7-22(18)37(31,34)35)29-24-23-21(8-11-28-25(23)33)32(30-24)20-5-3-2-4-17(20)15-27/h6-8,11,14,17,20,34-35H,2-5,9-10,12-13,16H2,1H3,(H,28,33)(H,29,30). The Kier molecular flexibility index (Phi) is 6.05. The summed E-state index contributed by atoms with van der Waals surface area (Å²) in [6, 6.07) is 9.65. The highest BCUT2D eigenvalue weighted by Gasteiger charge is 2.46. The highest BCUT2D eigenvalue weighted by atomic mass is 32.3. The van der Waals surface area contributed by atoms with Crippen molar-refractivity contribution in [3.8, 4) is 6.07 Å². The molecule has 2 fully saturated rings. The molecule has 11 heteroatoms. The van der Waals surface area contributed by atoms with Gasteiger partial charge < -0.3 is 15.0 Å². The number of anilines is 2. The molecule has 2 unspecified atom stereocenters. The molecule has 3 aliphatic rings. The lowest BCUT2D eigenvalue weighted by Crippen LogP contribution is -2.48. The van der Waals surface area contributed by atoms with Crippen molar-refractivity contribution in [2.75, 3.05) is 18.5 Å². The molecular formula is C26H32N6O4S. The number of hydrogen-bond donors (Lipinski definition) is 4. The molecule has 4 N–H and O–H groups in total. The number of ether oxygens (including phenoxy) is 1. The van der Waals surface area contributed by atoms with E-state index in [-0.39, 0.29) is 23.1 Å². The minimum absolute atomic E-state index is 0.0830. The molecule has 2 aromatic heterocycles. The van der Waals surface area contributed by atoms with Gasteiger partial charge in [-0.15, -0.1) is 10.8 Å². The van der Waals surface area contributed by atoms with Gasteiger partial charge in [0.25, 0.3) is 5.56 Å². The molecule has 10 nitrogen and oxygen atoms in total. The van der Waals surface area contributed by atoms with E-state index in [0.29, 0.717) is 47.1 Å². The Balaban J connectivity index is 1.35. The number of rotatable bonds is 4. The predicted octanol–water partition coefficient (Wildman–Crippen LogP) is 5.13. The van der Waals surface area contributed by atoms with E-state index in [9.17, 15) is 19.2 Å². The first-order valence-electron chi connectivity index (χ1n) is 12.9. The molecule has 4 heterocycles. The van der Waals surface area contributed by atoms with Crippen molar-refractivity contribution in [2.24, 2.45) is 5.92 Å². The van der Waals surface area contributed by atoms with E-state index in [1.165, 1.54) is 0 Å². The Morgan fingerprint density at radius 1 is 1.24 bits per heavy atom. The number of aromatic amines is 1. The van der Waals surface area contributed by atoms with Crippen LogP contribution in [0.25, 0.3) is 10.9 Å². The van der Waals surface area contributed by atoms with E-state index < -0.39 is 10.8 Å². The fraction of sp³-hybridized carbons (Fsp3) is 0.500. The van der Waals surface area contributed by atoms with Crippen LogP contribution in [0.1, 0.15) is 57.1 Å². The summed E-state index contributed by atoms with van der Waals surface area (Å²) in [5.74, 6) is 0.281. The summed E-state index contributed by atoms with van der Waals surface area (Å²) in [5.41, 5.74) is 1.65. The van der Waals surface area contributed by atoms with Gasteiger partial charge in [-0.1, -0.05) is 12.8 Å². The van der Waals surface area contributed by atoms with Gasteiger partial charge in [0.2, 0.25) is 0 Å². The van der Waals surface area contributed by atoms with Crippen molar-refractivity contribution in [3.05, 3.63) is 46.4 Å².